The van der Waals surface area contributed by atoms with Gasteiger partial charge in [-0.25, -0.2) is 19.9 Å². The zero-order chi connectivity index (χ0) is 64.7. The smallest absolute Gasteiger partial charge is 0.399 e. The number of rotatable bonds is 8. The van der Waals surface area contributed by atoms with Crippen LogP contribution in [0.3, 0.4) is 0 Å². The molecule has 0 aliphatic carbocycles. The van der Waals surface area contributed by atoms with Crippen LogP contribution in [0.25, 0.3) is 149 Å². The number of hydrogen-bond donors (Lipinski definition) is 0. The van der Waals surface area contributed by atoms with Gasteiger partial charge in [0.15, 0.2) is 10.6 Å². The molecule has 9 heterocycles. The number of fused-ring (bicyclic) bond motifs is 14. The van der Waals surface area contributed by atoms with Crippen molar-refractivity contribution in [2.24, 2.45) is 0 Å². The summed E-state index contributed by atoms with van der Waals surface area (Å²) in [7, 11) is -0.374. The number of benzene rings is 10. The molecule has 8 nitrogen and oxygen atoms in total. The first-order valence-corrected chi connectivity index (χ1v) is 35.9. The van der Waals surface area contributed by atoms with Crippen LogP contribution in [0.1, 0.15) is 27.7 Å². The van der Waals surface area contributed by atoms with Crippen molar-refractivity contribution in [1.82, 2.24) is 29.1 Å². The highest BCUT2D eigenvalue weighted by Gasteiger charge is 2.52. The fourth-order valence-corrected chi connectivity index (χ4v) is 18.9. The summed E-state index contributed by atoms with van der Waals surface area (Å²) in [5.41, 5.74) is 14.1. The predicted molar refractivity (Wildman–Crippen MR) is 411 cm³/mol. The van der Waals surface area contributed by atoms with Crippen molar-refractivity contribution in [2.75, 3.05) is 0 Å². The van der Waals surface area contributed by atoms with Crippen LogP contribution in [-0.4, -0.2) is 47.4 Å². The van der Waals surface area contributed by atoms with E-state index in [0.29, 0.717) is 4.73 Å². The molecule has 1 aliphatic rings. The quantitative estimate of drug-likeness (QED) is 0.111. The molecule has 1 fully saturated rings. The molecule has 0 amide bonds. The van der Waals surface area contributed by atoms with E-state index >= 15 is 0 Å². The molecule has 10 aromatic carbocycles. The van der Waals surface area contributed by atoms with Gasteiger partial charge in [0.05, 0.1) is 63.8 Å². The van der Waals surface area contributed by atoms with Crippen LogP contribution in [-0.2, 0) is 9.31 Å². The lowest BCUT2D eigenvalue weighted by Crippen LogP contribution is -2.41. The van der Waals surface area contributed by atoms with Gasteiger partial charge >= 0.3 is 7.12 Å². The zero-order valence-corrected chi connectivity index (χ0v) is 57.5. The van der Waals surface area contributed by atoms with Gasteiger partial charge in [-0.3, -0.25) is 0 Å². The zero-order valence-electron chi connectivity index (χ0n) is 52.6. The molecule has 8 aromatic heterocycles. The van der Waals surface area contributed by atoms with Crippen LogP contribution in [0.4, 0.5) is 0 Å². The summed E-state index contributed by atoms with van der Waals surface area (Å²) >= 11 is 10.9. The maximum atomic E-state index is 6.40. The number of nitrogens with zero attached hydrogens (tertiary/aromatic N) is 6. The highest BCUT2D eigenvalue weighted by Crippen LogP contribution is 2.51. The van der Waals surface area contributed by atoms with Crippen LogP contribution in [0.15, 0.2) is 284 Å². The van der Waals surface area contributed by atoms with E-state index in [2.05, 4.69) is 263 Å². The van der Waals surface area contributed by atoms with Crippen molar-refractivity contribution in [3.05, 3.63) is 284 Å². The highest BCUT2D eigenvalue weighted by atomic mass is 79.9. The Morgan fingerprint density at radius 1 is 0.344 bits per heavy atom. The molecule has 96 heavy (non-hydrogen) atoms. The van der Waals surface area contributed by atoms with E-state index in [4.69, 9.17) is 19.3 Å². The number of halogens is 1. The molecule has 0 atom stereocenters. The lowest BCUT2D eigenvalue weighted by Gasteiger charge is -2.32. The summed E-state index contributed by atoms with van der Waals surface area (Å²) in [5, 5.41) is 7.80. The van der Waals surface area contributed by atoms with Crippen LogP contribution >= 0.6 is 61.3 Å². The summed E-state index contributed by atoms with van der Waals surface area (Å²) in [6.45, 7) is 8.43. The third-order valence-corrected chi connectivity index (χ3v) is 23.7. The Balaban J connectivity index is 0.000000117. The summed E-state index contributed by atoms with van der Waals surface area (Å²) in [5.74, 6) is 0.727. The second kappa shape index (κ2) is 24.5. The third kappa shape index (κ3) is 10.7. The number of thiophene rings is 4. The standard InChI is InChI=1S/C38H23N3S2.C28H24BNO2S2.C16H11BrN2/c1-4-12-24(13-5-1)30-23-31(25-14-6-2-7-15-25)40-37(39-30)26-20-21-32-29(22-26)34-36-35(28-18-10-11-19-33(28)42-36)43-38(34)41(32)27-16-8-3-9-17-27;1-27(2)28(3,4)32-29(31-27)17-14-15-21-20(16-17)23-25-24(19-12-8-9-13-22(19)33-25)34-26(23)30(21)18-10-6-5-7-11-18;17-16-18-14(12-7-3-1-4-8-12)11-15(19-16)13-9-5-2-6-10-13/h1-23H;5-16H,1-4H3;1-11H. The van der Waals surface area contributed by atoms with Gasteiger partial charge < -0.3 is 18.4 Å². The monoisotopic (exact) mass is 1380 g/mol. The van der Waals surface area contributed by atoms with Gasteiger partial charge in [0.2, 0.25) is 0 Å². The van der Waals surface area contributed by atoms with Crippen molar-refractivity contribution in [2.45, 2.75) is 38.9 Å². The first-order valence-electron chi connectivity index (χ1n) is 31.9. The molecule has 0 bridgehead atoms. The topological polar surface area (TPSA) is 79.9 Å². The van der Waals surface area contributed by atoms with Crippen molar-refractivity contribution in [3.63, 3.8) is 0 Å². The molecule has 0 spiro atoms. The lowest BCUT2D eigenvalue weighted by atomic mass is 9.78. The molecule has 19 rings (SSSR count). The summed E-state index contributed by atoms with van der Waals surface area (Å²) < 4.78 is 26.3. The van der Waals surface area contributed by atoms with Gasteiger partial charge in [-0.05, 0) is 122 Å². The van der Waals surface area contributed by atoms with E-state index in [-0.39, 0.29) is 18.3 Å². The minimum Gasteiger partial charge on any atom is -0.399 e. The number of para-hydroxylation sites is 2. The molecule has 0 saturated carbocycles. The van der Waals surface area contributed by atoms with Gasteiger partial charge in [-0.1, -0.05) is 206 Å². The maximum absolute atomic E-state index is 6.40. The predicted octanol–water partition coefficient (Wildman–Crippen LogP) is 23.1. The van der Waals surface area contributed by atoms with Gasteiger partial charge in [-0.15, -0.1) is 45.3 Å². The van der Waals surface area contributed by atoms with E-state index in [1.807, 2.05) is 124 Å². The van der Waals surface area contributed by atoms with Gasteiger partial charge in [-0.2, -0.15) is 0 Å². The summed E-state index contributed by atoms with van der Waals surface area (Å²) in [6, 6.07) is 97.3. The average molecular weight is 1380 g/mol. The largest absolute Gasteiger partial charge is 0.494 e. The third-order valence-electron chi connectivity index (χ3n) is 18.3. The Kier molecular flexibility index (Phi) is 15.3. The van der Waals surface area contributed by atoms with E-state index < -0.39 is 0 Å². The molecule has 0 N–H and O–H groups in total. The van der Waals surface area contributed by atoms with Crippen LogP contribution < -0.4 is 5.46 Å². The van der Waals surface area contributed by atoms with Gasteiger partial charge in [0.25, 0.3) is 0 Å². The van der Waals surface area contributed by atoms with Crippen LogP contribution in [0.2, 0.25) is 0 Å². The summed E-state index contributed by atoms with van der Waals surface area (Å²) in [6.07, 6.45) is 0. The minimum absolute atomic E-state index is 0.362. The average Bonchev–Trinajstić information content (AvgIpc) is 1.55. The fraction of sp³-hybridized carbons (Fsp3) is 0.0732. The molecule has 462 valence electrons. The van der Waals surface area contributed by atoms with E-state index in [1.165, 1.54) is 92.6 Å². The highest BCUT2D eigenvalue weighted by molar-refractivity contribution is 9.10. The van der Waals surface area contributed by atoms with Crippen molar-refractivity contribution >= 4 is 155 Å². The van der Waals surface area contributed by atoms with Crippen molar-refractivity contribution < 1.29 is 9.31 Å². The first-order chi connectivity index (χ1) is 47.0. The second-order valence-electron chi connectivity index (χ2n) is 24.8. The first kappa shape index (κ1) is 60.0. The number of aromatic nitrogens is 6. The minimum atomic E-state index is -0.374. The Morgan fingerprint density at radius 2 is 0.708 bits per heavy atom. The molecule has 0 unspecified atom stereocenters. The molecular weight excluding hydrogens is 1320 g/mol. The van der Waals surface area contributed by atoms with E-state index in [1.54, 1.807) is 0 Å². The second-order valence-corrected chi connectivity index (χ2v) is 29.7. The molecule has 1 aliphatic heterocycles. The summed E-state index contributed by atoms with van der Waals surface area (Å²) in [4.78, 5) is 21.7. The number of hydrogen-bond acceptors (Lipinski definition) is 10. The van der Waals surface area contributed by atoms with E-state index in [9.17, 15) is 0 Å². The SMILES string of the molecule is Brc1nc(-c2ccccc2)cc(-c2ccccc2)n1.CC1(C)OB(c2ccc3c(c2)c2c4sc5ccccc5c4sc2n3-c2ccccc2)OC1(C)C.c1ccc(-c2cc(-c3ccccc3)nc(-c3ccc4c(c3)c3c5sc6ccccc6c5sc3n4-c3ccccc3)n2)cc1. The fourth-order valence-electron chi connectivity index (χ4n) is 12.9. The Morgan fingerprint density at radius 3 is 1.14 bits per heavy atom. The lowest BCUT2D eigenvalue weighted by molar-refractivity contribution is 0.00578. The van der Waals surface area contributed by atoms with Gasteiger partial charge in [0.1, 0.15) is 9.66 Å². The normalized spacial score (nSPS) is 13.5. The molecule has 0 radical (unpaired) electrons. The van der Waals surface area contributed by atoms with E-state index in [0.717, 1.165) is 61.9 Å². The van der Waals surface area contributed by atoms with Crippen molar-refractivity contribution in [3.8, 4) is 67.8 Å². The van der Waals surface area contributed by atoms with Crippen molar-refractivity contribution in [1.29, 1.82) is 0 Å². The Labute approximate surface area is 579 Å². The molecule has 18 aromatic rings. The molecule has 1 saturated heterocycles. The molecule has 14 heteroatoms. The van der Waals surface area contributed by atoms with Crippen LogP contribution in [0, 0.1) is 0 Å². The van der Waals surface area contributed by atoms with Gasteiger partial charge in [0, 0.05) is 80.9 Å². The maximum Gasteiger partial charge on any atom is 0.494 e. The molecular formula is C82H58BBrN6O2S4. The van der Waals surface area contributed by atoms with Crippen LogP contribution in [0.5, 0.6) is 0 Å². The Bertz CT molecular complexity index is 5800. The Hall–Kier alpha value is -9.74.